The van der Waals surface area contributed by atoms with E-state index in [-0.39, 0.29) is 60.2 Å². The molecule has 4 aromatic heterocycles. The van der Waals surface area contributed by atoms with Crippen LogP contribution in [0.1, 0.15) is 22.5 Å². The number of Topliss-reactive ketones (excluding diaryl/α,β-unsaturated/α-hetero) is 1. The van der Waals surface area contributed by atoms with E-state index < -0.39 is 28.6 Å². The minimum atomic E-state index is -1.44. The van der Waals surface area contributed by atoms with Crippen molar-refractivity contribution >= 4 is 39.9 Å². The van der Waals surface area contributed by atoms with Crippen molar-refractivity contribution in [2.45, 2.75) is 12.8 Å². The molecule has 0 aromatic carbocycles. The number of aromatic nitrogens is 4. The average Bonchev–Trinajstić information content (AvgIpc) is 3.33. The molecule has 178 valence electrons. The van der Waals surface area contributed by atoms with Crippen molar-refractivity contribution in [3.05, 3.63) is 75.3 Å². The van der Waals surface area contributed by atoms with Crippen LogP contribution in [0.25, 0.3) is 16.2 Å². The van der Waals surface area contributed by atoms with Crippen molar-refractivity contribution in [3.63, 3.8) is 0 Å². The number of hydrogen-bond acceptors (Lipinski definition) is 8. The molecular formula is C23H17F2N5O4S. The van der Waals surface area contributed by atoms with Crippen LogP contribution in [-0.2, 0) is 11.2 Å². The Labute approximate surface area is 200 Å². The molecule has 1 saturated heterocycles. The first kappa shape index (κ1) is 22.7. The van der Waals surface area contributed by atoms with Gasteiger partial charge in [0.15, 0.2) is 22.4 Å². The number of aromatic carboxylic acids is 1. The summed E-state index contributed by atoms with van der Waals surface area (Å²) >= 11 is 1.20. The van der Waals surface area contributed by atoms with Gasteiger partial charge in [0, 0.05) is 43.5 Å². The molecule has 12 heteroatoms. The molecule has 0 bridgehead atoms. The van der Waals surface area contributed by atoms with Crippen LogP contribution in [0.2, 0.25) is 0 Å². The number of fused-ring (bicyclic) bond motifs is 1. The van der Waals surface area contributed by atoms with Gasteiger partial charge in [0.2, 0.25) is 5.43 Å². The van der Waals surface area contributed by atoms with E-state index in [0.717, 1.165) is 12.3 Å². The van der Waals surface area contributed by atoms with Gasteiger partial charge in [-0.15, -0.1) is 11.3 Å². The quantitative estimate of drug-likeness (QED) is 0.414. The lowest BCUT2D eigenvalue weighted by atomic mass is 9.92. The Morgan fingerprint density at radius 2 is 1.97 bits per heavy atom. The van der Waals surface area contributed by atoms with E-state index in [0.29, 0.717) is 5.13 Å². The summed E-state index contributed by atoms with van der Waals surface area (Å²) in [5.41, 5.74) is -1.09. The van der Waals surface area contributed by atoms with Crippen LogP contribution in [-0.4, -0.2) is 49.5 Å². The Morgan fingerprint density at radius 1 is 1.17 bits per heavy atom. The fourth-order valence-corrected chi connectivity index (χ4v) is 4.59. The lowest BCUT2D eigenvalue weighted by Gasteiger charge is -2.39. The van der Waals surface area contributed by atoms with Crippen LogP contribution in [0.4, 0.5) is 14.6 Å². The summed E-state index contributed by atoms with van der Waals surface area (Å²) < 4.78 is 30.0. The maximum Gasteiger partial charge on any atom is 0.341 e. The lowest BCUT2D eigenvalue weighted by Crippen LogP contribution is -2.51. The van der Waals surface area contributed by atoms with E-state index in [1.54, 1.807) is 10.3 Å². The molecule has 0 spiro atoms. The van der Waals surface area contributed by atoms with Gasteiger partial charge in [-0.2, -0.15) is 0 Å². The van der Waals surface area contributed by atoms with Crippen molar-refractivity contribution in [3.8, 4) is 5.13 Å². The Hall–Kier alpha value is -4.06. The van der Waals surface area contributed by atoms with Gasteiger partial charge in [0.25, 0.3) is 0 Å². The number of carboxylic acid groups (broad SMARTS) is 1. The summed E-state index contributed by atoms with van der Waals surface area (Å²) in [4.78, 5) is 50.7. The number of anilines is 1. The van der Waals surface area contributed by atoms with E-state index in [1.165, 1.54) is 40.4 Å². The van der Waals surface area contributed by atoms with Crippen molar-refractivity contribution in [2.24, 2.45) is 5.92 Å². The largest absolute Gasteiger partial charge is 0.477 e. The van der Waals surface area contributed by atoms with Crippen molar-refractivity contribution in [1.82, 2.24) is 19.5 Å². The first-order valence-corrected chi connectivity index (χ1v) is 11.5. The zero-order chi connectivity index (χ0) is 24.7. The summed E-state index contributed by atoms with van der Waals surface area (Å²) in [5, 5.41) is 11.3. The number of thiazole rings is 1. The van der Waals surface area contributed by atoms with Gasteiger partial charge in [-0.1, -0.05) is 0 Å². The number of pyridine rings is 3. The number of hydrogen-bond donors (Lipinski definition) is 1. The predicted molar refractivity (Wildman–Crippen MR) is 123 cm³/mol. The summed E-state index contributed by atoms with van der Waals surface area (Å²) in [5.74, 6) is -3.21. The number of nitrogens with zero attached hydrogens (tertiary/aromatic N) is 5. The first-order valence-electron chi connectivity index (χ1n) is 10.6. The summed E-state index contributed by atoms with van der Waals surface area (Å²) in [6, 6.07) is 3.73. The molecule has 0 saturated carbocycles. The van der Waals surface area contributed by atoms with E-state index in [2.05, 4.69) is 15.0 Å². The second-order valence-corrected chi connectivity index (χ2v) is 8.90. The smallest absolute Gasteiger partial charge is 0.341 e. The zero-order valence-electron chi connectivity index (χ0n) is 18.0. The summed E-state index contributed by atoms with van der Waals surface area (Å²) in [6.45, 7) is 0.432. The summed E-state index contributed by atoms with van der Waals surface area (Å²) in [6.07, 6.45) is 4.39. The highest BCUT2D eigenvalue weighted by Gasteiger charge is 2.35. The number of aryl methyl sites for hydroxylation is 1. The van der Waals surface area contributed by atoms with Gasteiger partial charge in [-0.3, -0.25) is 19.1 Å². The fraction of sp³-hybridized carbons (Fsp3) is 0.217. The van der Waals surface area contributed by atoms with Gasteiger partial charge in [0.05, 0.1) is 17.0 Å². The fourth-order valence-electron chi connectivity index (χ4n) is 3.97. The predicted octanol–water partition coefficient (Wildman–Crippen LogP) is 2.85. The zero-order valence-corrected chi connectivity index (χ0v) is 18.8. The van der Waals surface area contributed by atoms with E-state index in [9.17, 15) is 28.3 Å². The average molecular weight is 497 g/mol. The number of ketones is 1. The second kappa shape index (κ2) is 8.95. The molecule has 35 heavy (non-hydrogen) atoms. The van der Waals surface area contributed by atoms with Crippen LogP contribution >= 0.6 is 11.3 Å². The Kier molecular flexibility index (Phi) is 5.81. The third kappa shape index (κ3) is 4.16. The molecule has 0 aliphatic carbocycles. The number of rotatable bonds is 7. The maximum atomic E-state index is 15.0. The van der Waals surface area contributed by atoms with Gasteiger partial charge in [0.1, 0.15) is 17.2 Å². The molecule has 1 fully saturated rings. The molecule has 5 heterocycles. The SMILES string of the molecule is O=C(O)c1cn(-c2nccs2)c2nc(N3CC(C(=O)CCc4ncccc4F)C3)c(F)cc2c1=O. The van der Waals surface area contributed by atoms with Gasteiger partial charge < -0.3 is 10.0 Å². The minimum absolute atomic E-state index is 0.0508. The third-order valence-corrected chi connectivity index (χ3v) is 6.62. The molecule has 0 unspecified atom stereocenters. The van der Waals surface area contributed by atoms with Gasteiger partial charge >= 0.3 is 5.97 Å². The van der Waals surface area contributed by atoms with Gasteiger partial charge in [-0.25, -0.2) is 23.5 Å². The van der Waals surface area contributed by atoms with E-state index in [1.807, 2.05) is 0 Å². The van der Waals surface area contributed by atoms with Crippen LogP contribution in [0.5, 0.6) is 0 Å². The highest BCUT2D eigenvalue weighted by atomic mass is 32.1. The monoisotopic (exact) mass is 497 g/mol. The molecule has 9 nitrogen and oxygen atoms in total. The minimum Gasteiger partial charge on any atom is -0.477 e. The Balaban J connectivity index is 1.40. The number of halogens is 2. The van der Waals surface area contributed by atoms with E-state index in [4.69, 9.17) is 0 Å². The molecular weight excluding hydrogens is 480 g/mol. The Bertz CT molecular complexity index is 1520. The highest BCUT2D eigenvalue weighted by molar-refractivity contribution is 7.12. The molecule has 1 aliphatic heterocycles. The van der Waals surface area contributed by atoms with Gasteiger partial charge in [-0.05, 0) is 24.6 Å². The molecule has 0 atom stereocenters. The third-order valence-electron chi connectivity index (χ3n) is 5.85. The van der Waals surface area contributed by atoms with Crippen LogP contribution in [0.3, 0.4) is 0 Å². The highest BCUT2D eigenvalue weighted by Crippen LogP contribution is 2.30. The van der Waals surface area contributed by atoms with Crippen LogP contribution in [0, 0.1) is 17.6 Å². The summed E-state index contributed by atoms with van der Waals surface area (Å²) in [7, 11) is 0. The topological polar surface area (TPSA) is 118 Å². The molecule has 1 N–H and O–H groups in total. The van der Waals surface area contributed by atoms with Crippen molar-refractivity contribution in [2.75, 3.05) is 18.0 Å². The number of carboxylic acids is 1. The lowest BCUT2D eigenvalue weighted by molar-refractivity contribution is -0.123. The van der Waals surface area contributed by atoms with Crippen molar-refractivity contribution < 1.29 is 23.5 Å². The van der Waals surface area contributed by atoms with Crippen LogP contribution in [0.15, 0.2) is 47.0 Å². The maximum absolute atomic E-state index is 15.0. The molecule has 4 aromatic rings. The standard InChI is InChI=1S/C23H17F2N5O4S/c24-15-2-1-5-26-17(15)3-4-18(31)12-9-29(10-12)21-16(25)8-13-19(32)14(22(33)34)11-30(20(13)28-21)23-27-6-7-35-23/h1-2,5-8,11-12H,3-4,9-10H2,(H,33,34). The molecule has 0 amide bonds. The normalized spacial score (nSPS) is 13.7. The molecule has 1 aliphatic rings. The van der Waals surface area contributed by atoms with Crippen molar-refractivity contribution in [1.29, 1.82) is 0 Å². The molecule has 5 rings (SSSR count). The number of carbonyl (C=O) groups excluding carboxylic acids is 1. The molecule has 0 radical (unpaired) electrons. The Morgan fingerprint density at radius 3 is 2.66 bits per heavy atom. The second-order valence-electron chi connectivity index (χ2n) is 8.03. The number of carbonyl (C=O) groups is 2. The first-order chi connectivity index (χ1) is 16.8. The van der Waals surface area contributed by atoms with Crippen LogP contribution < -0.4 is 10.3 Å². The van der Waals surface area contributed by atoms with E-state index >= 15 is 0 Å².